The molecule has 1 N–H and O–H groups in total. The first kappa shape index (κ1) is 14.0. The minimum atomic E-state index is -1.22. The zero-order valence-electron chi connectivity index (χ0n) is 10.3. The number of benzene rings is 1. The highest BCUT2D eigenvalue weighted by Crippen LogP contribution is 2.23. The molecule has 0 heterocycles. The van der Waals surface area contributed by atoms with Crippen LogP contribution in [0.5, 0.6) is 5.75 Å². The lowest BCUT2D eigenvalue weighted by atomic mass is 10.1. The molecule has 0 aromatic heterocycles. The molecule has 18 heavy (non-hydrogen) atoms. The number of anilines is 1. The molecule has 0 saturated heterocycles. The number of carbonyl (C=O) groups excluding carboxylic acids is 1. The number of methoxy groups -OCH3 is 1. The van der Waals surface area contributed by atoms with Crippen LogP contribution in [0.15, 0.2) is 18.2 Å². The maximum absolute atomic E-state index is 13.5. The van der Waals surface area contributed by atoms with E-state index in [0.29, 0.717) is 0 Å². The first-order chi connectivity index (χ1) is 8.38. The molecule has 0 aliphatic heterocycles. The molecular weight excluding hydrogens is 241 g/mol. The Morgan fingerprint density at radius 2 is 2.06 bits per heavy atom. The van der Waals surface area contributed by atoms with Gasteiger partial charge in [-0.25, -0.2) is 4.39 Å². The van der Waals surface area contributed by atoms with E-state index in [1.54, 1.807) is 0 Å². The molecule has 0 aliphatic carbocycles. The summed E-state index contributed by atoms with van der Waals surface area (Å²) in [5, 5.41) is 8.74. The van der Waals surface area contributed by atoms with Gasteiger partial charge < -0.3 is 14.7 Å². The van der Waals surface area contributed by atoms with Crippen LogP contribution in [0.1, 0.15) is 6.92 Å². The third kappa shape index (κ3) is 2.77. The number of amides is 1. The third-order valence-electron chi connectivity index (χ3n) is 2.59. The van der Waals surface area contributed by atoms with Crippen molar-refractivity contribution in [3.63, 3.8) is 0 Å². The normalized spacial score (nSPS) is 11.8. The topological polar surface area (TPSA) is 66.8 Å². The van der Waals surface area contributed by atoms with Gasteiger partial charge in [0.25, 0.3) is 0 Å². The Hall–Kier alpha value is -2.11. The highest BCUT2D eigenvalue weighted by Gasteiger charge is 2.25. The molecule has 1 aromatic carbocycles. The monoisotopic (exact) mass is 255 g/mol. The van der Waals surface area contributed by atoms with E-state index >= 15 is 0 Å². The SMILES string of the molecule is COc1ccc(N(C)C(=O)C(C)C(=O)O)cc1F. The fourth-order valence-corrected chi connectivity index (χ4v) is 1.39. The predicted molar refractivity (Wildman–Crippen MR) is 63.2 cm³/mol. The Balaban J connectivity index is 2.97. The van der Waals surface area contributed by atoms with Gasteiger partial charge in [-0.05, 0) is 19.1 Å². The van der Waals surface area contributed by atoms with Gasteiger partial charge in [-0.15, -0.1) is 0 Å². The number of hydrogen-bond acceptors (Lipinski definition) is 3. The highest BCUT2D eigenvalue weighted by atomic mass is 19.1. The van der Waals surface area contributed by atoms with E-state index in [-0.39, 0.29) is 11.4 Å². The molecule has 0 bridgehead atoms. The third-order valence-corrected chi connectivity index (χ3v) is 2.59. The maximum atomic E-state index is 13.5. The van der Waals surface area contributed by atoms with Gasteiger partial charge in [0.1, 0.15) is 5.92 Å². The second-order valence-corrected chi connectivity index (χ2v) is 3.78. The summed E-state index contributed by atoms with van der Waals surface area (Å²) in [4.78, 5) is 23.5. The fraction of sp³-hybridized carbons (Fsp3) is 0.333. The smallest absolute Gasteiger partial charge is 0.315 e. The summed E-state index contributed by atoms with van der Waals surface area (Å²) in [6.45, 7) is 1.28. The summed E-state index contributed by atoms with van der Waals surface area (Å²) in [7, 11) is 2.72. The molecule has 98 valence electrons. The van der Waals surface area contributed by atoms with Gasteiger partial charge in [-0.2, -0.15) is 0 Å². The van der Waals surface area contributed by atoms with Crippen molar-refractivity contribution in [1.82, 2.24) is 0 Å². The average Bonchev–Trinajstić information content (AvgIpc) is 2.35. The molecule has 0 radical (unpaired) electrons. The molecule has 5 nitrogen and oxygen atoms in total. The van der Waals surface area contributed by atoms with E-state index in [1.165, 1.54) is 33.2 Å². The van der Waals surface area contributed by atoms with Crippen molar-refractivity contribution in [3.8, 4) is 5.75 Å². The highest BCUT2D eigenvalue weighted by molar-refractivity contribution is 6.05. The van der Waals surface area contributed by atoms with Gasteiger partial charge in [0, 0.05) is 18.8 Å². The van der Waals surface area contributed by atoms with E-state index in [4.69, 9.17) is 9.84 Å². The molecule has 1 unspecified atom stereocenters. The number of aliphatic carboxylic acids is 1. The number of ether oxygens (including phenoxy) is 1. The van der Waals surface area contributed by atoms with Crippen LogP contribution in [0.25, 0.3) is 0 Å². The van der Waals surface area contributed by atoms with E-state index in [1.807, 2.05) is 0 Å². The molecule has 0 fully saturated rings. The minimum Gasteiger partial charge on any atom is -0.494 e. The van der Waals surface area contributed by atoms with Crippen molar-refractivity contribution in [2.24, 2.45) is 5.92 Å². The van der Waals surface area contributed by atoms with Gasteiger partial charge in [0.2, 0.25) is 5.91 Å². The summed E-state index contributed by atoms with van der Waals surface area (Å²) in [5.74, 6) is -3.57. The van der Waals surface area contributed by atoms with Gasteiger partial charge >= 0.3 is 5.97 Å². The number of hydrogen-bond donors (Lipinski definition) is 1. The lowest BCUT2D eigenvalue weighted by molar-refractivity contribution is -0.145. The summed E-state index contributed by atoms with van der Waals surface area (Å²) in [5.41, 5.74) is 0.270. The van der Waals surface area contributed by atoms with Crippen LogP contribution in [0, 0.1) is 11.7 Å². The van der Waals surface area contributed by atoms with Crippen LogP contribution in [-0.2, 0) is 9.59 Å². The quantitative estimate of drug-likeness (QED) is 0.828. The van der Waals surface area contributed by atoms with Crippen molar-refractivity contribution in [2.75, 3.05) is 19.1 Å². The molecule has 0 saturated carbocycles. The van der Waals surface area contributed by atoms with E-state index in [0.717, 1.165) is 11.0 Å². The lowest BCUT2D eigenvalue weighted by Crippen LogP contribution is -2.35. The van der Waals surface area contributed by atoms with Crippen molar-refractivity contribution < 1.29 is 23.8 Å². The Morgan fingerprint density at radius 1 is 1.44 bits per heavy atom. The van der Waals surface area contributed by atoms with Crippen LogP contribution in [0.2, 0.25) is 0 Å². The largest absolute Gasteiger partial charge is 0.494 e. The van der Waals surface area contributed by atoms with Gasteiger partial charge in [0.05, 0.1) is 7.11 Å². The van der Waals surface area contributed by atoms with Crippen molar-refractivity contribution >= 4 is 17.6 Å². The second kappa shape index (κ2) is 5.48. The molecule has 0 aliphatic rings. The lowest BCUT2D eigenvalue weighted by Gasteiger charge is -2.20. The average molecular weight is 255 g/mol. The van der Waals surface area contributed by atoms with Gasteiger partial charge in [-0.3, -0.25) is 9.59 Å². The Kier molecular flexibility index (Phi) is 4.25. The van der Waals surface area contributed by atoms with Gasteiger partial charge in [0.15, 0.2) is 11.6 Å². The van der Waals surface area contributed by atoms with Crippen LogP contribution in [0.3, 0.4) is 0 Å². The molecule has 0 spiro atoms. The Labute approximate surface area is 104 Å². The second-order valence-electron chi connectivity index (χ2n) is 3.78. The summed E-state index contributed by atoms with van der Waals surface area (Å²) in [6.07, 6.45) is 0. The summed E-state index contributed by atoms with van der Waals surface area (Å²) < 4.78 is 18.2. The van der Waals surface area contributed by atoms with E-state index < -0.39 is 23.6 Å². The van der Waals surface area contributed by atoms with Gasteiger partial charge in [-0.1, -0.05) is 0 Å². The zero-order valence-corrected chi connectivity index (χ0v) is 10.3. The first-order valence-electron chi connectivity index (χ1n) is 5.22. The Morgan fingerprint density at radius 3 is 2.50 bits per heavy atom. The number of halogens is 1. The molecule has 6 heteroatoms. The summed E-state index contributed by atoms with van der Waals surface area (Å²) in [6, 6.07) is 3.97. The van der Waals surface area contributed by atoms with Crippen LogP contribution in [-0.4, -0.2) is 31.1 Å². The maximum Gasteiger partial charge on any atom is 0.315 e. The zero-order chi connectivity index (χ0) is 13.9. The molecular formula is C12H14FNO4. The number of carboxylic acid groups (broad SMARTS) is 1. The Bertz CT molecular complexity index is 475. The fourth-order valence-electron chi connectivity index (χ4n) is 1.39. The molecule has 1 atom stereocenters. The first-order valence-corrected chi connectivity index (χ1v) is 5.22. The van der Waals surface area contributed by atoms with Crippen molar-refractivity contribution in [1.29, 1.82) is 0 Å². The van der Waals surface area contributed by atoms with E-state index in [9.17, 15) is 14.0 Å². The molecule has 1 amide bonds. The van der Waals surface area contributed by atoms with E-state index in [2.05, 4.69) is 0 Å². The van der Waals surface area contributed by atoms with Crippen LogP contribution >= 0.6 is 0 Å². The number of rotatable bonds is 4. The van der Waals surface area contributed by atoms with Crippen LogP contribution in [0.4, 0.5) is 10.1 Å². The predicted octanol–water partition coefficient (Wildman–Crippen LogP) is 1.52. The van der Waals surface area contributed by atoms with Crippen molar-refractivity contribution in [2.45, 2.75) is 6.92 Å². The minimum absolute atomic E-state index is 0.0610. The van der Waals surface area contributed by atoms with Crippen LogP contribution < -0.4 is 9.64 Å². The molecule has 1 aromatic rings. The number of nitrogens with zero attached hydrogens (tertiary/aromatic N) is 1. The van der Waals surface area contributed by atoms with Crippen molar-refractivity contribution in [3.05, 3.63) is 24.0 Å². The molecule has 1 rings (SSSR count). The summed E-state index contributed by atoms with van der Waals surface area (Å²) >= 11 is 0. The number of carboxylic acids is 1. The standard InChI is InChI=1S/C12H14FNO4/c1-7(12(16)17)11(15)14(2)8-4-5-10(18-3)9(13)6-8/h4-7H,1-3H3,(H,16,17). The number of carbonyl (C=O) groups is 2.